The van der Waals surface area contributed by atoms with Crippen LogP contribution in [-0.2, 0) is 9.47 Å². The summed E-state index contributed by atoms with van der Waals surface area (Å²) in [4.78, 5) is 19.5. The minimum absolute atomic E-state index is 0.0973. The molecule has 0 unspecified atom stereocenters. The normalized spacial score (nSPS) is 22.4. The number of amides is 1. The number of rotatable bonds is 6. The van der Waals surface area contributed by atoms with Crippen LogP contribution in [0, 0.1) is 5.92 Å². The third-order valence-corrected chi connectivity index (χ3v) is 6.58. The number of hydrogen-bond donors (Lipinski definition) is 1. The molecular formula is C18H23N3O3S2. The van der Waals surface area contributed by atoms with Gasteiger partial charge in [0.1, 0.15) is 10.7 Å². The summed E-state index contributed by atoms with van der Waals surface area (Å²) >= 11 is 3.15. The van der Waals surface area contributed by atoms with E-state index in [1.54, 1.807) is 11.3 Å². The summed E-state index contributed by atoms with van der Waals surface area (Å²) in [6, 6.07) is 2.32. The maximum absolute atomic E-state index is 12.6. The number of thiazole rings is 1. The SMILES string of the molecule is O=C(NC[C@H]([C@H]1CCOC1)N1CCOCC1)c1csc(-c2ccsc2)n1. The van der Waals surface area contributed by atoms with E-state index in [0.29, 0.717) is 24.2 Å². The van der Waals surface area contributed by atoms with Crippen LogP contribution in [0.5, 0.6) is 0 Å². The van der Waals surface area contributed by atoms with Gasteiger partial charge in [0.2, 0.25) is 0 Å². The largest absolute Gasteiger partial charge is 0.381 e. The summed E-state index contributed by atoms with van der Waals surface area (Å²) in [6.07, 6.45) is 1.05. The molecule has 0 bridgehead atoms. The standard InChI is InChI=1S/C18H23N3O3S2/c22-17(15-12-26-18(20-15)14-2-8-25-11-14)19-9-16(13-1-5-24-10-13)21-3-6-23-7-4-21/h2,8,11-13,16H,1,3-7,9-10H2,(H,19,22)/t13-,16+/m0/s1. The number of nitrogens with zero attached hydrogens (tertiary/aromatic N) is 2. The van der Waals surface area contributed by atoms with E-state index in [4.69, 9.17) is 9.47 Å². The number of hydrogen-bond acceptors (Lipinski definition) is 7. The Morgan fingerprint density at radius 1 is 1.31 bits per heavy atom. The predicted octanol–water partition coefficient (Wildman–Crippen LogP) is 2.34. The number of carbonyl (C=O) groups excluding carboxylic acids is 1. The van der Waals surface area contributed by atoms with Crippen LogP contribution < -0.4 is 5.32 Å². The van der Waals surface area contributed by atoms with Crippen molar-refractivity contribution < 1.29 is 14.3 Å². The van der Waals surface area contributed by atoms with Gasteiger partial charge in [-0.3, -0.25) is 9.69 Å². The minimum Gasteiger partial charge on any atom is -0.381 e. The van der Waals surface area contributed by atoms with E-state index in [1.807, 2.05) is 16.8 Å². The Morgan fingerprint density at radius 3 is 2.92 bits per heavy atom. The highest BCUT2D eigenvalue weighted by atomic mass is 32.1. The van der Waals surface area contributed by atoms with Gasteiger partial charge in [-0.25, -0.2) is 4.98 Å². The molecule has 0 spiro atoms. The third-order valence-electron chi connectivity index (χ3n) is 5.00. The maximum atomic E-state index is 12.6. The summed E-state index contributed by atoms with van der Waals surface area (Å²) in [5.41, 5.74) is 1.58. The van der Waals surface area contributed by atoms with E-state index < -0.39 is 0 Å². The van der Waals surface area contributed by atoms with Crippen molar-refractivity contribution in [2.45, 2.75) is 12.5 Å². The second-order valence-corrected chi connectivity index (χ2v) is 8.24. The van der Waals surface area contributed by atoms with Crippen molar-refractivity contribution in [3.63, 3.8) is 0 Å². The highest BCUT2D eigenvalue weighted by Crippen LogP contribution is 2.26. The molecule has 2 aromatic rings. The second-order valence-electron chi connectivity index (χ2n) is 6.60. The van der Waals surface area contributed by atoms with Crippen LogP contribution >= 0.6 is 22.7 Å². The summed E-state index contributed by atoms with van der Waals surface area (Å²) in [6.45, 7) is 5.55. The van der Waals surface area contributed by atoms with Gasteiger partial charge in [-0.05, 0) is 17.9 Å². The Hall–Kier alpha value is -1.32. The summed E-state index contributed by atoms with van der Waals surface area (Å²) in [7, 11) is 0. The summed E-state index contributed by atoms with van der Waals surface area (Å²) < 4.78 is 11.1. The fourth-order valence-electron chi connectivity index (χ4n) is 3.54. The quantitative estimate of drug-likeness (QED) is 0.816. The molecule has 0 aliphatic carbocycles. The van der Waals surface area contributed by atoms with Crippen molar-refractivity contribution in [2.75, 3.05) is 46.1 Å². The molecule has 2 atom stereocenters. The van der Waals surface area contributed by atoms with Crippen LogP contribution in [0.2, 0.25) is 0 Å². The third kappa shape index (κ3) is 4.15. The molecule has 0 saturated carbocycles. The summed E-state index contributed by atoms with van der Waals surface area (Å²) in [5.74, 6) is 0.366. The molecule has 2 fully saturated rings. The highest BCUT2D eigenvalue weighted by molar-refractivity contribution is 7.14. The van der Waals surface area contributed by atoms with Crippen LogP contribution in [0.1, 0.15) is 16.9 Å². The van der Waals surface area contributed by atoms with Crippen LogP contribution in [-0.4, -0.2) is 67.9 Å². The van der Waals surface area contributed by atoms with Crippen molar-refractivity contribution in [3.05, 3.63) is 27.9 Å². The first-order chi connectivity index (χ1) is 12.8. The lowest BCUT2D eigenvalue weighted by Crippen LogP contribution is -2.52. The van der Waals surface area contributed by atoms with Crippen molar-refractivity contribution in [1.29, 1.82) is 0 Å². The van der Waals surface area contributed by atoms with Crippen LogP contribution in [0.15, 0.2) is 22.2 Å². The number of nitrogens with one attached hydrogen (secondary N) is 1. The average Bonchev–Trinajstić information content (AvgIpc) is 3.43. The van der Waals surface area contributed by atoms with E-state index in [9.17, 15) is 4.79 Å². The van der Waals surface area contributed by atoms with Crippen molar-refractivity contribution >= 4 is 28.6 Å². The molecule has 1 N–H and O–H groups in total. The number of carbonyl (C=O) groups is 1. The topological polar surface area (TPSA) is 63.7 Å². The Morgan fingerprint density at radius 2 is 2.19 bits per heavy atom. The van der Waals surface area contributed by atoms with Gasteiger partial charge >= 0.3 is 0 Å². The molecule has 2 aliphatic heterocycles. The average molecular weight is 394 g/mol. The number of morpholine rings is 1. The molecule has 1 amide bonds. The number of aromatic nitrogens is 1. The molecule has 2 saturated heterocycles. The van der Waals surface area contributed by atoms with E-state index in [0.717, 1.165) is 56.5 Å². The zero-order valence-electron chi connectivity index (χ0n) is 14.6. The molecule has 4 rings (SSSR count). The molecular weight excluding hydrogens is 370 g/mol. The van der Waals surface area contributed by atoms with Gasteiger partial charge in [0.05, 0.1) is 19.8 Å². The van der Waals surface area contributed by atoms with Gasteiger partial charge in [-0.2, -0.15) is 11.3 Å². The first-order valence-corrected chi connectivity index (χ1v) is 10.8. The number of ether oxygens (including phenoxy) is 2. The van der Waals surface area contributed by atoms with Crippen molar-refractivity contribution in [2.24, 2.45) is 5.92 Å². The fourth-order valence-corrected chi connectivity index (χ4v) is 5.06. The smallest absolute Gasteiger partial charge is 0.270 e. The van der Waals surface area contributed by atoms with Crippen LogP contribution in [0.25, 0.3) is 10.6 Å². The number of thiophene rings is 1. The Bertz CT molecular complexity index is 707. The Balaban J connectivity index is 1.39. The zero-order chi connectivity index (χ0) is 17.8. The van der Waals surface area contributed by atoms with Gasteiger partial charge in [-0.1, -0.05) is 0 Å². The second kappa shape index (κ2) is 8.58. The molecule has 8 heteroatoms. The molecule has 6 nitrogen and oxygen atoms in total. The Kier molecular flexibility index (Phi) is 5.96. The minimum atomic E-state index is -0.0973. The predicted molar refractivity (Wildman–Crippen MR) is 103 cm³/mol. The first kappa shape index (κ1) is 18.1. The monoisotopic (exact) mass is 393 g/mol. The van der Waals surface area contributed by atoms with Gasteiger partial charge < -0.3 is 14.8 Å². The molecule has 26 heavy (non-hydrogen) atoms. The molecule has 0 aromatic carbocycles. The molecule has 140 valence electrons. The van der Waals surface area contributed by atoms with Gasteiger partial charge in [0.25, 0.3) is 5.91 Å². The van der Waals surface area contributed by atoms with Gasteiger partial charge in [-0.15, -0.1) is 11.3 Å². The Labute approximate surface area is 161 Å². The van der Waals surface area contributed by atoms with E-state index >= 15 is 0 Å². The van der Waals surface area contributed by atoms with Crippen molar-refractivity contribution in [3.8, 4) is 10.6 Å². The fraction of sp³-hybridized carbons (Fsp3) is 0.556. The van der Waals surface area contributed by atoms with Crippen molar-refractivity contribution in [1.82, 2.24) is 15.2 Å². The molecule has 0 radical (unpaired) electrons. The van der Waals surface area contributed by atoms with E-state index in [-0.39, 0.29) is 5.91 Å². The lowest BCUT2D eigenvalue weighted by molar-refractivity contribution is 0.00165. The molecule has 2 aliphatic rings. The maximum Gasteiger partial charge on any atom is 0.270 e. The van der Waals surface area contributed by atoms with E-state index in [2.05, 4.69) is 20.6 Å². The lowest BCUT2D eigenvalue weighted by Gasteiger charge is -2.37. The van der Waals surface area contributed by atoms with Crippen LogP contribution in [0.3, 0.4) is 0 Å². The lowest BCUT2D eigenvalue weighted by atomic mass is 9.97. The van der Waals surface area contributed by atoms with E-state index in [1.165, 1.54) is 11.3 Å². The first-order valence-electron chi connectivity index (χ1n) is 8.97. The molecule has 4 heterocycles. The highest BCUT2D eigenvalue weighted by Gasteiger charge is 2.32. The zero-order valence-corrected chi connectivity index (χ0v) is 16.2. The van der Waals surface area contributed by atoms with Crippen LogP contribution in [0.4, 0.5) is 0 Å². The van der Waals surface area contributed by atoms with Gasteiger partial charge in [0.15, 0.2) is 0 Å². The van der Waals surface area contributed by atoms with Gasteiger partial charge in [0, 0.05) is 54.5 Å². The molecule has 2 aromatic heterocycles. The summed E-state index contributed by atoms with van der Waals surface area (Å²) in [5, 5.41) is 9.91.